The van der Waals surface area contributed by atoms with Crippen LogP contribution in [-0.2, 0) is 6.54 Å². The van der Waals surface area contributed by atoms with Gasteiger partial charge >= 0.3 is 0 Å². The van der Waals surface area contributed by atoms with E-state index in [4.69, 9.17) is 23.2 Å². The van der Waals surface area contributed by atoms with Crippen LogP contribution in [0.2, 0.25) is 10.2 Å². The summed E-state index contributed by atoms with van der Waals surface area (Å²) in [6, 6.07) is 12.0. The van der Waals surface area contributed by atoms with Gasteiger partial charge < -0.3 is 9.47 Å². The molecule has 4 rings (SSSR count). The molecule has 7 heteroatoms. The number of aromatic nitrogens is 3. The van der Waals surface area contributed by atoms with Crippen molar-refractivity contribution in [2.24, 2.45) is 0 Å². The van der Waals surface area contributed by atoms with Crippen molar-refractivity contribution in [1.29, 1.82) is 0 Å². The van der Waals surface area contributed by atoms with Gasteiger partial charge in [0.1, 0.15) is 16.7 Å². The summed E-state index contributed by atoms with van der Waals surface area (Å²) >= 11 is 12.1. The average Bonchev–Trinajstić information content (AvgIpc) is 3.23. The van der Waals surface area contributed by atoms with E-state index in [1.807, 2.05) is 12.4 Å². The Morgan fingerprint density at radius 3 is 2.48 bits per heavy atom. The molecule has 5 nitrogen and oxygen atoms in total. The van der Waals surface area contributed by atoms with Crippen LogP contribution in [0, 0.1) is 0 Å². The third-order valence-electron chi connectivity index (χ3n) is 5.91. The molecule has 0 saturated carbocycles. The molecule has 0 atom stereocenters. The molecule has 0 spiro atoms. The van der Waals surface area contributed by atoms with E-state index in [0.717, 1.165) is 25.2 Å². The first-order valence-corrected chi connectivity index (χ1v) is 11.4. The second-order valence-electron chi connectivity index (χ2n) is 8.34. The molecule has 1 aromatic carbocycles. The van der Waals surface area contributed by atoms with E-state index in [2.05, 4.69) is 52.6 Å². The summed E-state index contributed by atoms with van der Waals surface area (Å²) in [5.41, 5.74) is 2.83. The molecule has 1 aliphatic heterocycles. The van der Waals surface area contributed by atoms with Gasteiger partial charge in [-0.3, -0.25) is 4.79 Å². The monoisotopic (exact) mass is 456 g/mol. The fraction of sp³-hybridized carbons (Fsp3) is 0.375. The highest BCUT2D eigenvalue weighted by atomic mass is 35.5. The number of nitrogens with zero attached hydrogens (tertiary/aromatic N) is 4. The Labute approximate surface area is 193 Å². The maximum Gasteiger partial charge on any atom is 0.274 e. The Kier molecular flexibility index (Phi) is 6.63. The lowest BCUT2D eigenvalue weighted by Gasteiger charge is -2.32. The highest BCUT2D eigenvalue weighted by Gasteiger charge is 2.28. The summed E-state index contributed by atoms with van der Waals surface area (Å²) in [7, 11) is 0. The summed E-state index contributed by atoms with van der Waals surface area (Å²) in [6.07, 6.45) is 5.62. The van der Waals surface area contributed by atoms with Crippen LogP contribution < -0.4 is 0 Å². The number of piperidine rings is 1. The third-order valence-corrected chi connectivity index (χ3v) is 6.42. The van der Waals surface area contributed by atoms with Crippen molar-refractivity contribution in [3.05, 3.63) is 81.6 Å². The van der Waals surface area contributed by atoms with Gasteiger partial charge in [-0.25, -0.2) is 9.97 Å². The maximum absolute atomic E-state index is 12.8. The lowest BCUT2D eigenvalue weighted by molar-refractivity contribution is 0.0704. The van der Waals surface area contributed by atoms with Gasteiger partial charge in [0.15, 0.2) is 0 Å². The third kappa shape index (κ3) is 4.94. The van der Waals surface area contributed by atoms with E-state index in [-0.39, 0.29) is 16.8 Å². The first kappa shape index (κ1) is 21.8. The van der Waals surface area contributed by atoms with Gasteiger partial charge in [-0.1, -0.05) is 61.3 Å². The van der Waals surface area contributed by atoms with Gasteiger partial charge in [0.25, 0.3) is 5.91 Å². The highest BCUT2D eigenvalue weighted by Crippen LogP contribution is 2.29. The van der Waals surface area contributed by atoms with Crippen LogP contribution in [0.25, 0.3) is 0 Å². The van der Waals surface area contributed by atoms with Crippen LogP contribution in [0.5, 0.6) is 0 Å². The molecule has 3 heterocycles. The number of halogens is 2. The van der Waals surface area contributed by atoms with Crippen molar-refractivity contribution >= 4 is 29.1 Å². The second-order valence-corrected chi connectivity index (χ2v) is 9.13. The van der Waals surface area contributed by atoms with Gasteiger partial charge in [0, 0.05) is 37.9 Å². The smallest absolute Gasteiger partial charge is 0.274 e. The predicted octanol–water partition coefficient (Wildman–Crippen LogP) is 5.78. The number of benzene rings is 1. The summed E-state index contributed by atoms with van der Waals surface area (Å²) < 4.78 is 2.22. The summed E-state index contributed by atoms with van der Waals surface area (Å²) in [5.74, 6) is 1.76. The standard InChI is InChI=1S/C24H26Cl2N4O/c1-16(2)18-5-3-17(4-6-18)15-30-14-11-27-23(30)19-9-12-29(13-10-19)24(31)22-20(25)7-8-21(26)28-22/h3-8,11,14,16,19H,9-10,12-13,15H2,1-2H3. The zero-order chi connectivity index (χ0) is 22.0. The van der Waals surface area contributed by atoms with Gasteiger partial charge in [0.2, 0.25) is 0 Å². The number of likely N-dealkylation sites (tertiary alicyclic amines) is 1. The van der Waals surface area contributed by atoms with Crippen molar-refractivity contribution in [3.8, 4) is 0 Å². The minimum absolute atomic E-state index is 0.167. The van der Waals surface area contributed by atoms with E-state index >= 15 is 0 Å². The Hall–Kier alpha value is -2.37. The molecule has 3 aromatic rings. The van der Waals surface area contributed by atoms with Crippen LogP contribution in [0.15, 0.2) is 48.8 Å². The van der Waals surface area contributed by atoms with Crippen molar-refractivity contribution in [3.63, 3.8) is 0 Å². The fourth-order valence-corrected chi connectivity index (χ4v) is 4.41. The Morgan fingerprint density at radius 1 is 1.10 bits per heavy atom. The predicted molar refractivity (Wildman–Crippen MR) is 124 cm³/mol. The molecule has 0 N–H and O–H groups in total. The average molecular weight is 457 g/mol. The van der Waals surface area contributed by atoms with E-state index in [0.29, 0.717) is 29.9 Å². The van der Waals surface area contributed by atoms with Gasteiger partial charge in [-0.05, 0) is 42.0 Å². The van der Waals surface area contributed by atoms with Crippen LogP contribution >= 0.6 is 23.2 Å². The van der Waals surface area contributed by atoms with Crippen molar-refractivity contribution in [2.45, 2.75) is 45.1 Å². The Balaban J connectivity index is 1.41. The summed E-state index contributed by atoms with van der Waals surface area (Å²) in [4.78, 5) is 23.4. The van der Waals surface area contributed by atoms with E-state index in [1.165, 1.54) is 11.1 Å². The molecule has 2 aromatic heterocycles. The lowest BCUT2D eigenvalue weighted by atomic mass is 9.95. The molecule has 1 aliphatic rings. The molecule has 1 saturated heterocycles. The molecule has 1 fully saturated rings. The van der Waals surface area contributed by atoms with Crippen LogP contribution in [0.3, 0.4) is 0 Å². The molecular weight excluding hydrogens is 431 g/mol. The highest BCUT2D eigenvalue weighted by molar-refractivity contribution is 6.34. The topological polar surface area (TPSA) is 51.0 Å². The van der Waals surface area contributed by atoms with E-state index in [9.17, 15) is 4.79 Å². The van der Waals surface area contributed by atoms with E-state index in [1.54, 1.807) is 17.0 Å². The minimum atomic E-state index is -0.167. The maximum atomic E-state index is 12.8. The minimum Gasteiger partial charge on any atom is -0.337 e. The number of rotatable bonds is 5. The lowest BCUT2D eigenvalue weighted by Crippen LogP contribution is -2.39. The summed E-state index contributed by atoms with van der Waals surface area (Å²) in [6.45, 7) is 6.50. The molecule has 0 aliphatic carbocycles. The number of carbonyl (C=O) groups is 1. The van der Waals surface area contributed by atoms with E-state index < -0.39 is 0 Å². The molecule has 1 amide bonds. The number of imidazole rings is 1. The van der Waals surface area contributed by atoms with Crippen molar-refractivity contribution < 1.29 is 4.79 Å². The molecule has 0 bridgehead atoms. The normalized spacial score (nSPS) is 14.9. The first-order chi connectivity index (χ1) is 14.9. The van der Waals surface area contributed by atoms with Crippen LogP contribution in [0.4, 0.5) is 0 Å². The van der Waals surface area contributed by atoms with Crippen molar-refractivity contribution in [1.82, 2.24) is 19.4 Å². The second kappa shape index (κ2) is 9.41. The van der Waals surface area contributed by atoms with Crippen LogP contribution in [0.1, 0.15) is 66.0 Å². The van der Waals surface area contributed by atoms with Gasteiger partial charge in [0.05, 0.1) is 5.02 Å². The molecule has 0 radical (unpaired) electrons. The number of carbonyl (C=O) groups excluding carboxylic acids is 1. The molecule has 0 unspecified atom stereocenters. The number of hydrogen-bond acceptors (Lipinski definition) is 3. The number of hydrogen-bond donors (Lipinski definition) is 0. The fourth-order valence-electron chi connectivity index (χ4n) is 4.08. The zero-order valence-corrected chi connectivity index (χ0v) is 19.3. The molecular formula is C24H26Cl2N4O. The Morgan fingerprint density at radius 2 is 1.81 bits per heavy atom. The number of amides is 1. The Bertz CT molecular complexity index is 1050. The van der Waals surface area contributed by atoms with Gasteiger partial charge in [-0.15, -0.1) is 0 Å². The zero-order valence-electron chi connectivity index (χ0n) is 17.8. The number of pyridine rings is 1. The van der Waals surface area contributed by atoms with Crippen LogP contribution in [-0.4, -0.2) is 38.4 Å². The summed E-state index contributed by atoms with van der Waals surface area (Å²) in [5, 5.41) is 0.599. The molecule has 162 valence electrons. The largest absolute Gasteiger partial charge is 0.337 e. The molecule has 31 heavy (non-hydrogen) atoms. The van der Waals surface area contributed by atoms with Crippen molar-refractivity contribution in [2.75, 3.05) is 13.1 Å². The quantitative estimate of drug-likeness (QED) is 0.457. The first-order valence-electron chi connectivity index (χ1n) is 10.6. The SMILES string of the molecule is CC(C)c1ccc(Cn2ccnc2C2CCN(C(=O)c3nc(Cl)ccc3Cl)CC2)cc1. The van der Waals surface area contributed by atoms with Gasteiger partial charge in [-0.2, -0.15) is 0 Å².